The largest absolute Gasteiger partial charge is 0.462 e. The highest BCUT2D eigenvalue weighted by Gasteiger charge is 2.34. The molecule has 202 valence electrons. The average Bonchev–Trinajstić information content (AvgIpc) is 2.96. The second kappa shape index (κ2) is 13.0. The predicted octanol–water partition coefficient (Wildman–Crippen LogP) is 4.66. The Kier molecular flexibility index (Phi) is 9.20. The highest BCUT2D eigenvalue weighted by molar-refractivity contribution is 6.05. The van der Waals surface area contributed by atoms with Crippen LogP contribution in [0, 0.1) is 0 Å². The second-order valence-electron chi connectivity index (χ2n) is 9.43. The van der Waals surface area contributed by atoms with E-state index in [4.69, 9.17) is 4.74 Å². The molecule has 2 heterocycles. The molecule has 2 aromatic carbocycles. The normalized spacial score (nSPS) is 15.4. The molecule has 0 radical (unpaired) electrons. The molecule has 1 atom stereocenters. The molecular formula is C31H34N4O4. The number of hydrogen-bond acceptors (Lipinski definition) is 6. The Morgan fingerprint density at radius 2 is 1.67 bits per heavy atom. The van der Waals surface area contributed by atoms with E-state index in [1.165, 1.54) is 0 Å². The molecule has 1 saturated heterocycles. The van der Waals surface area contributed by atoms with Crippen LogP contribution in [-0.2, 0) is 16.0 Å². The van der Waals surface area contributed by atoms with Gasteiger partial charge in [0.2, 0.25) is 5.91 Å². The number of benzene rings is 2. The van der Waals surface area contributed by atoms with Crippen LogP contribution < -0.4 is 0 Å². The summed E-state index contributed by atoms with van der Waals surface area (Å²) in [7, 11) is 0. The maximum atomic E-state index is 13.9. The van der Waals surface area contributed by atoms with Crippen LogP contribution in [0.4, 0.5) is 0 Å². The Morgan fingerprint density at radius 1 is 0.974 bits per heavy atom. The molecule has 1 unspecified atom stereocenters. The molecule has 39 heavy (non-hydrogen) atoms. The zero-order chi connectivity index (χ0) is 27.8. The number of esters is 1. The van der Waals surface area contributed by atoms with Crippen LogP contribution in [-0.4, -0.2) is 69.8 Å². The zero-order valence-corrected chi connectivity index (χ0v) is 22.7. The molecule has 0 bridgehead atoms. The monoisotopic (exact) mass is 526 g/mol. The van der Waals surface area contributed by atoms with Gasteiger partial charge in [-0.1, -0.05) is 74.0 Å². The molecule has 0 saturated carbocycles. The molecule has 8 nitrogen and oxygen atoms in total. The van der Waals surface area contributed by atoms with Gasteiger partial charge in [0, 0.05) is 37.3 Å². The van der Waals surface area contributed by atoms with Crippen molar-refractivity contribution in [1.82, 2.24) is 19.8 Å². The average molecular weight is 527 g/mol. The van der Waals surface area contributed by atoms with Crippen LogP contribution in [0.5, 0.6) is 0 Å². The summed E-state index contributed by atoms with van der Waals surface area (Å²) in [5.41, 5.74) is 2.37. The SMILES string of the molecule is CCCc1nc(-c2ccccc2)nc(C(=O)N2CCN(C(=O)/C=C/c3ccccc3)C(C)C2)c1C(=O)OCC. The Labute approximate surface area is 229 Å². The third-order valence-electron chi connectivity index (χ3n) is 6.60. The molecule has 3 aromatic rings. The molecule has 2 amide bonds. The summed E-state index contributed by atoms with van der Waals surface area (Å²) in [6.07, 6.45) is 4.60. The highest BCUT2D eigenvalue weighted by atomic mass is 16.5. The van der Waals surface area contributed by atoms with Gasteiger partial charge in [0.05, 0.1) is 12.3 Å². The minimum Gasteiger partial charge on any atom is -0.462 e. The van der Waals surface area contributed by atoms with Crippen molar-refractivity contribution in [1.29, 1.82) is 0 Å². The lowest BCUT2D eigenvalue weighted by atomic mass is 10.0. The molecule has 0 aliphatic carbocycles. The van der Waals surface area contributed by atoms with Gasteiger partial charge >= 0.3 is 5.97 Å². The highest BCUT2D eigenvalue weighted by Crippen LogP contribution is 2.24. The van der Waals surface area contributed by atoms with Crippen molar-refractivity contribution >= 4 is 23.9 Å². The van der Waals surface area contributed by atoms with Crippen LogP contribution in [0.1, 0.15) is 59.3 Å². The summed E-state index contributed by atoms with van der Waals surface area (Å²) in [4.78, 5) is 52.6. The maximum Gasteiger partial charge on any atom is 0.342 e. The fourth-order valence-electron chi connectivity index (χ4n) is 4.66. The van der Waals surface area contributed by atoms with E-state index in [2.05, 4.69) is 9.97 Å². The summed E-state index contributed by atoms with van der Waals surface area (Å²) in [6.45, 7) is 6.82. The van der Waals surface area contributed by atoms with E-state index in [9.17, 15) is 14.4 Å². The molecular weight excluding hydrogens is 492 g/mol. The maximum absolute atomic E-state index is 13.9. The summed E-state index contributed by atoms with van der Waals surface area (Å²) in [5.74, 6) is -0.682. The number of ether oxygens (including phenoxy) is 1. The topological polar surface area (TPSA) is 92.7 Å². The van der Waals surface area contributed by atoms with Gasteiger partial charge < -0.3 is 14.5 Å². The van der Waals surface area contributed by atoms with Crippen molar-refractivity contribution in [3.8, 4) is 11.4 Å². The predicted molar refractivity (Wildman–Crippen MR) is 150 cm³/mol. The van der Waals surface area contributed by atoms with E-state index in [0.29, 0.717) is 37.6 Å². The molecule has 1 aliphatic heterocycles. The van der Waals surface area contributed by atoms with Crippen LogP contribution >= 0.6 is 0 Å². The summed E-state index contributed by atoms with van der Waals surface area (Å²) < 4.78 is 5.32. The first-order valence-electron chi connectivity index (χ1n) is 13.4. The van der Waals surface area contributed by atoms with Gasteiger partial charge in [0.15, 0.2) is 5.82 Å². The van der Waals surface area contributed by atoms with Gasteiger partial charge in [-0.3, -0.25) is 9.59 Å². The minimum absolute atomic E-state index is 0.0432. The Morgan fingerprint density at radius 3 is 2.31 bits per heavy atom. The van der Waals surface area contributed by atoms with Gasteiger partial charge in [0.1, 0.15) is 11.3 Å². The first-order valence-corrected chi connectivity index (χ1v) is 13.4. The van der Waals surface area contributed by atoms with Crippen LogP contribution in [0.2, 0.25) is 0 Å². The number of carbonyl (C=O) groups is 3. The Balaban J connectivity index is 1.61. The summed E-state index contributed by atoms with van der Waals surface area (Å²) in [5, 5.41) is 0. The number of carbonyl (C=O) groups excluding carboxylic acids is 3. The number of aryl methyl sites for hydroxylation is 1. The lowest BCUT2D eigenvalue weighted by molar-refractivity contribution is -0.129. The fourth-order valence-corrected chi connectivity index (χ4v) is 4.66. The molecule has 0 N–H and O–H groups in total. The number of rotatable bonds is 8. The number of nitrogens with zero attached hydrogens (tertiary/aromatic N) is 4. The van der Waals surface area contributed by atoms with Crippen molar-refractivity contribution in [3.63, 3.8) is 0 Å². The number of piperazine rings is 1. The van der Waals surface area contributed by atoms with Crippen LogP contribution in [0.3, 0.4) is 0 Å². The van der Waals surface area contributed by atoms with E-state index in [1.54, 1.807) is 28.9 Å². The molecule has 1 aromatic heterocycles. The van der Waals surface area contributed by atoms with E-state index in [1.807, 2.05) is 74.5 Å². The second-order valence-corrected chi connectivity index (χ2v) is 9.43. The van der Waals surface area contributed by atoms with Gasteiger partial charge in [0.25, 0.3) is 5.91 Å². The van der Waals surface area contributed by atoms with E-state index >= 15 is 0 Å². The van der Waals surface area contributed by atoms with Crippen molar-refractivity contribution in [2.45, 2.75) is 39.7 Å². The van der Waals surface area contributed by atoms with Crippen molar-refractivity contribution in [3.05, 3.63) is 89.3 Å². The van der Waals surface area contributed by atoms with Gasteiger partial charge in [-0.05, 0) is 31.9 Å². The lowest BCUT2D eigenvalue weighted by Gasteiger charge is -2.39. The number of amides is 2. The minimum atomic E-state index is -0.600. The zero-order valence-electron chi connectivity index (χ0n) is 22.7. The number of hydrogen-bond donors (Lipinski definition) is 0. The number of aromatic nitrogens is 2. The van der Waals surface area contributed by atoms with Crippen molar-refractivity contribution < 1.29 is 19.1 Å². The van der Waals surface area contributed by atoms with Crippen LogP contribution in [0.15, 0.2) is 66.7 Å². The van der Waals surface area contributed by atoms with Gasteiger partial charge in [-0.25, -0.2) is 14.8 Å². The van der Waals surface area contributed by atoms with Crippen molar-refractivity contribution in [2.24, 2.45) is 0 Å². The third-order valence-corrected chi connectivity index (χ3v) is 6.60. The Hall–Kier alpha value is -4.33. The summed E-state index contributed by atoms with van der Waals surface area (Å²) >= 11 is 0. The molecule has 1 fully saturated rings. The standard InChI is InChI=1S/C31H34N4O4/c1-4-12-25-27(31(38)39-5-2)28(33-29(32-25)24-15-10-7-11-16-24)30(37)34-19-20-35(22(3)21-34)26(36)18-17-23-13-8-6-9-14-23/h6-11,13-18,22H,4-5,12,19-21H2,1-3H3/b18-17+. The molecule has 8 heteroatoms. The van der Waals surface area contributed by atoms with Gasteiger partial charge in [-0.15, -0.1) is 0 Å². The quantitative estimate of drug-likeness (QED) is 0.313. The first kappa shape index (κ1) is 27.7. The van der Waals surface area contributed by atoms with Crippen LogP contribution in [0.25, 0.3) is 17.5 Å². The van der Waals surface area contributed by atoms with E-state index in [-0.39, 0.29) is 35.7 Å². The summed E-state index contributed by atoms with van der Waals surface area (Å²) in [6, 6.07) is 18.8. The van der Waals surface area contributed by atoms with Gasteiger partial charge in [-0.2, -0.15) is 0 Å². The first-order chi connectivity index (χ1) is 18.9. The Bertz CT molecular complexity index is 1340. The van der Waals surface area contributed by atoms with E-state index in [0.717, 1.165) is 17.5 Å². The third kappa shape index (κ3) is 6.57. The molecule has 1 aliphatic rings. The molecule has 4 rings (SSSR count). The van der Waals surface area contributed by atoms with Crippen molar-refractivity contribution in [2.75, 3.05) is 26.2 Å². The van der Waals surface area contributed by atoms with E-state index < -0.39 is 5.97 Å². The smallest absolute Gasteiger partial charge is 0.342 e. The molecule has 0 spiro atoms. The fraction of sp³-hybridized carbons (Fsp3) is 0.323. The lowest BCUT2D eigenvalue weighted by Crippen LogP contribution is -2.55.